The Kier molecular flexibility index (Phi) is 4.50. The Bertz CT molecular complexity index is 1130. The van der Waals surface area contributed by atoms with Crippen molar-refractivity contribution in [2.75, 3.05) is 0 Å². The first kappa shape index (κ1) is 17.1. The molecule has 0 aliphatic carbocycles. The molecule has 0 saturated heterocycles. The average molecular weight is 359 g/mol. The molecule has 4 aromatic rings. The minimum absolute atomic E-state index is 0.0526. The van der Waals surface area contributed by atoms with E-state index in [-0.39, 0.29) is 5.56 Å². The molecular weight excluding hydrogens is 338 g/mol. The maximum absolute atomic E-state index is 12.9. The Morgan fingerprint density at radius 3 is 2.37 bits per heavy atom. The summed E-state index contributed by atoms with van der Waals surface area (Å²) in [6.07, 6.45) is 0.649. The molecular formula is C22H21N3O2. The first-order chi connectivity index (χ1) is 13.2. The lowest BCUT2D eigenvalue weighted by molar-refractivity contribution is 0.301. The van der Waals surface area contributed by atoms with Crippen molar-refractivity contribution in [3.63, 3.8) is 0 Å². The standard InChI is InChI=1S/C22H21N3O2/c1-3-18-15(2)23-21-20(16-10-6-4-7-11-16)19(24-25(21)22(18)26)14-27-17-12-8-5-9-13-17/h4-13,24H,3,14H2,1-2H3. The smallest absolute Gasteiger partial charge is 0.276 e. The first-order valence-electron chi connectivity index (χ1n) is 9.05. The zero-order chi connectivity index (χ0) is 18.8. The van der Waals surface area contributed by atoms with Crippen LogP contribution in [0.3, 0.4) is 0 Å². The molecule has 2 heterocycles. The maximum Gasteiger partial charge on any atom is 0.276 e. The molecule has 0 amide bonds. The van der Waals surface area contributed by atoms with E-state index in [2.05, 4.69) is 5.10 Å². The molecule has 27 heavy (non-hydrogen) atoms. The van der Waals surface area contributed by atoms with E-state index in [4.69, 9.17) is 9.72 Å². The minimum atomic E-state index is -0.0526. The van der Waals surface area contributed by atoms with Crippen LogP contribution >= 0.6 is 0 Å². The second kappa shape index (κ2) is 7.11. The topological polar surface area (TPSA) is 59.4 Å². The van der Waals surface area contributed by atoms with Crippen molar-refractivity contribution < 1.29 is 4.74 Å². The molecule has 0 fully saturated rings. The van der Waals surface area contributed by atoms with Gasteiger partial charge in [0, 0.05) is 11.3 Å². The van der Waals surface area contributed by atoms with Crippen LogP contribution in [0.4, 0.5) is 0 Å². The van der Waals surface area contributed by atoms with Gasteiger partial charge in [0.25, 0.3) is 5.56 Å². The van der Waals surface area contributed by atoms with Gasteiger partial charge in [-0.15, -0.1) is 0 Å². The fourth-order valence-electron chi connectivity index (χ4n) is 3.35. The largest absolute Gasteiger partial charge is 0.487 e. The highest BCUT2D eigenvalue weighted by Gasteiger charge is 2.19. The zero-order valence-electron chi connectivity index (χ0n) is 15.4. The van der Waals surface area contributed by atoms with Crippen molar-refractivity contribution in [3.05, 3.63) is 88.0 Å². The van der Waals surface area contributed by atoms with Gasteiger partial charge in [0.2, 0.25) is 0 Å². The van der Waals surface area contributed by atoms with Crippen molar-refractivity contribution in [2.24, 2.45) is 0 Å². The molecule has 1 N–H and O–H groups in total. The molecule has 2 aromatic carbocycles. The number of para-hydroxylation sites is 1. The number of hydrogen-bond acceptors (Lipinski definition) is 3. The SMILES string of the molecule is CCc1c(C)nc2c(-c3ccccc3)c(COc3ccccc3)[nH]n2c1=O. The highest BCUT2D eigenvalue weighted by atomic mass is 16.5. The number of nitrogens with one attached hydrogen (secondary N) is 1. The highest BCUT2D eigenvalue weighted by molar-refractivity contribution is 5.80. The first-order valence-corrected chi connectivity index (χ1v) is 9.05. The monoisotopic (exact) mass is 359 g/mol. The van der Waals surface area contributed by atoms with Crippen LogP contribution in [0.15, 0.2) is 65.5 Å². The number of benzene rings is 2. The second-order valence-corrected chi connectivity index (χ2v) is 6.43. The molecule has 0 spiro atoms. The summed E-state index contributed by atoms with van der Waals surface area (Å²) in [5, 5.41) is 3.22. The Morgan fingerprint density at radius 1 is 1.04 bits per heavy atom. The van der Waals surface area contributed by atoms with Crippen LogP contribution in [0.5, 0.6) is 5.75 Å². The van der Waals surface area contributed by atoms with Crippen molar-refractivity contribution in [2.45, 2.75) is 26.9 Å². The number of aromatic amines is 1. The number of nitrogens with zero attached hydrogens (tertiary/aromatic N) is 2. The fourth-order valence-corrected chi connectivity index (χ4v) is 3.35. The van der Waals surface area contributed by atoms with E-state index >= 15 is 0 Å². The number of fused-ring (bicyclic) bond motifs is 1. The van der Waals surface area contributed by atoms with E-state index in [1.807, 2.05) is 74.5 Å². The number of aryl methyl sites for hydroxylation is 1. The van der Waals surface area contributed by atoms with E-state index < -0.39 is 0 Å². The van der Waals surface area contributed by atoms with Crippen LogP contribution in [0, 0.1) is 6.92 Å². The molecule has 0 atom stereocenters. The number of hydrogen-bond donors (Lipinski definition) is 1. The van der Waals surface area contributed by atoms with Crippen molar-refractivity contribution in [1.82, 2.24) is 14.6 Å². The number of H-pyrrole nitrogens is 1. The van der Waals surface area contributed by atoms with Gasteiger partial charge in [0.05, 0.1) is 11.3 Å². The van der Waals surface area contributed by atoms with E-state index in [0.717, 1.165) is 33.8 Å². The van der Waals surface area contributed by atoms with E-state index in [1.54, 1.807) is 0 Å². The molecule has 4 rings (SSSR count). The molecule has 0 aliphatic rings. The van der Waals surface area contributed by atoms with Crippen LogP contribution in [-0.4, -0.2) is 14.6 Å². The lowest BCUT2D eigenvalue weighted by atomic mass is 10.1. The van der Waals surface area contributed by atoms with Crippen LogP contribution < -0.4 is 10.3 Å². The predicted octanol–water partition coefficient (Wildman–Crippen LogP) is 4.14. The molecule has 0 aliphatic heterocycles. The summed E-state index contributed by atoms with van der Waals surface area (Å²) in [6.45, 7) is 4.18. The Balaban J connectivity index is 1.89. The molecule has 136 valence electrons. The van der Waals surface area contributed by atoms with Gasteiger partial charge in [0.1, 0.15) is 12.4 Å². The normalized spacial score (nSPS) is 11.0. The lowest BCUT2D eigenvalue weighted by Crippen LogP contribution is -2.21. The minimum Gasteiger partial charge on any atom is -0.487 e. The molecule has 0 saturated carbocycles. The van der Waals surface area contributed by atoms with Gasteiger partial charge in [-0.1, -0.05) is 55.5 Å². The summed E-state index contributed by atoms with van der Waals surface area (Å²) in [5.74, 6) is 0.779. The van der Waals surface area contributed by atoms with E-state index in [1.165, 1.54) is 4.52 Å². The van der Waals surface area contributed by atoms with Gasteiger partial charge in [-0.25, -0.2) is 9.50 Å². The zero-order valence-corrected chi connectivity index (χ0v) is 15.4. The summed E-state index contributed by atoms with van der Waals surface area (Å²) in [6, 6.07) is 19.6. The van der Waals surface area contributed by atoms with Crippen molar-refractivity contribution in [3.8, 4) is 16.9 Å². The fraction of sp³-hybridized carbons (Fsp3) is 0.182. The maximum atomic E-state index is 12.9. The van der Waals surface area contributed by atoms with Gasteiger partial charge in [-0.3, -0.25) is 9.89 Å². The van der Waals surface area contributed by atoms with Crippen LogP contribution in [0.25, 0.3) is 16.8 Å². The third-order valence-electron chi connectivity index (χ3n) is 4.70. The quantitative estimate of drug-likeness (QED) is 0.583. The van der Waals surface area contributed by atoms with Gasteiger partial charge in [0.15, 0.2) is 5.65 Å². The van der Waals surface area contributed by atoms with Crippen LogP contribution in [0.1, 0.15) is 23.9 Å². The van der Waals surface area contributed by atoms with Crippen molar-refractivity contribution in [1.29, 1.82) is 0 Å². The van der Waals surface area contributed by atoms with E-state index in [9.17, 15) is 4.79 Å². The molecule has 0 bridgehead atoms. The summed E-state index contributed by atoms with van der Waals surface area (Å²) < 4.78 is 7.48. The Labute approximate surface area is 157 Å². The van der Waals surface area contributed by atoms with Crippen molar-refractivity contribution >= 4 is 5.65 Å². The van der Waals surface area contributed by atoms with Crippen LogP contribution in [-0.2, 0) is 13.0 Å². The van der Waals surface area contributed by atoms with Gasteiger partial charge in [-0.2, -0.15) is 0 Å². The number of rotatable bonds is 5. The predicted molar refractivity (Wildman–Crippen MR) is 106 cm³/mol. The highest BCUT2D eigenvalue weighted by Crippen LogP contribution is 2.28. The van der Waals surface area contributed by atoms with Gasteiger partial charge in [-0.05, 0) is 31.0 Å². The third-order valence-corrected chi connectivity index (χ3v) is 4.70. The van der Waals surface area contributed by atoms with E-state index in [0.29, 0.717) is 18.7 Å². The molecule has 2 aromatic heterocycles. The summed E-state index contributed by atoms with van der Waals surface area (Å²) >= 11 is 0. The van der Waals surface area contributed by atoms with Gasteiger partial charge < -0.3 is 4.74 Å². The number of aromatic nitrogens is 3. The van der Waals surface area contributed by atoms with Crippen LogP contribution in [0.2, 0.25) is 0 Å². The lowest BCUT2D eigenvalue weighted by Gasteiger charge is -2.07. The average Bonchev–Trinajstić information content (AvgIpc) is 3.06. The number of ether oxygens (including phenoxy) is 1. The second-order valence-electron chi connectivity index (χ2n) is 6.43. The molecule has 0 unspecified atom stereocenters. The molecule has 5 heteroatoms. The van der Waals surface area contributed by atoms with Gasteiger partial charge >= 0.3 is 0 Å². The summed E-state index contributed by atoms with van der Waals surface area (Å²) in [5.41, 5.74) is 4.80. The molecule has 5 nitrogen and oxygen atoms in total. The summed E-state index contributed by atoms with van der Waals surface area (Å²) in [7, 11) is 0. The Morgan fingerprint density at radius 2 is 1.70 bits per heavy atom. The molecule has 0 radical (unpaired) electrons. The third kappa shape index (κ3) is 3.12. The summed E-state index contributed by atoms with van der Waals surface area (Å²) in [4.78, 5) is 17.6. The Hall–Kier alpha value is -3.34.